The molecule has 0 fully saturated rings. The summed E-state index contributed by atoms with van der Waals surface area (Å²) in [6.45, 7) is 3.53. The summed E-state index contributed by atoms with van der Waals surface area (Å²) < 4.78 is 0. The molecule has 0 spiro atoms. The molecule has 0 aliphatic heterocycles. The number of hydrogen-bond acceptors (Lipinski definition) is 4. The van der Waals surface area contributed by atoms with Gasteiger partial charge in [-0.3, -0.25) is 14.6 Å². The summed E-state index contributed by atoms with van der Waals surface area (Å²) in [5.41, 5.74) is 1.77. The van der Waals surface area contributed by atoms with Crippen LogP contribution in [0.5, 0.6) is 0 Å². The van der Waals surface area contributed by atoms with Gasteiger partial charge in [-0.2, -0.15) is 0 Å². The van der Waals surface area contributed by atoms with Crippen molar-refractivity contribution >= 4 is 17.5 Å². The van der Waals surface area contributed by atoms with Gasteiger partial charge in [0.25, 0.3) is 5.91 Å². The van der Waals surface area contributed by atoms with E-state index in [2.05, 4.69) is 10.3 Å². The Kier molecular flexibility index (Phi) is 6.65. The number of aliphatic hydroxyl groups excluding tert-OH is 1. The maximum absolute atomic E-state index is 13.0. The van der Waals surface area contributed by atoms with E-state index >= 15 is 0 Å². The van der Waals surface area contributed by atoms with Crippen molar-refractivity contribution in [3.05, 3.63) is 59.9 Å². The fourth-order valence-corrected chi connectivity index (χ4v) is 2.58. The van der Waals surface area contributed by atoms with E-state index in [0.29, 0.717) is 24.2 Å². The lowest BCUT2D eigenvalue weighted by Crippen LogP contribution is -2.41. The van der Waals surface area contributed by atoms with Crippen LogP contribution in [0.25, 0.3) is 0 Å². The van der Waals surface area contributed by atoms with E-state index in [1.165, 1.54) is 6.92 Å². The van der Waals surface area contributed by atoms with Crippen molar-refractivity contribution in [2.75, 3.05) is 11.9 Å². The Morgan fingerprint density at radius 2 is 2.04 bits per heavy atom. The molecule has 2 aromatic rings. The first-order chi connectivity index (χ1) is 12.0. The molecule has 0 saturated heterocycles. The molecule has 0 bridgehead atoms. The minimum Gasteiger partial charge on any atom is -0.394 e. The van der Waals surface area contributed by atoms with Crippen LogP contribution in [0, 0.1) is 0 Å². The normalized spacial score (nSPS) is 11.6. The Hall–Kier alpha value is -2.73. The Labute approximate surface area is 147 Å². The minimum absolute atomic E-state index is 0.125. The van der Waals surface area contributed by atoms with Gasteiger partial charge in [-0.1, -0.05) is 19.1 Å². The summed E-state index contributed by atoms with van der Waals surface area (Å²) in [6, 6.07) is 12.0. The number of aliphatic hydroxyl groups is 1. The number of nitrogens with zero attached hydrogens (tertiary/aromatic N) is 2. The lowest BCUT2D eigenvalue weighted by molar-refractivity contribution is -0.114. The number of rotatable bonds is 7. The SMILES string of the molecule is CCC(CO)N(Cc1ccccn1)C(=O)c1cccc(NC(C)=O)c1. The number of nitrogens with one attached hydrogen (secondary N) is 1. The van der Waals surface area contributed by atoms with Gasteiger partial charge in [-0.25, -0.2) is 0 Å². The van der Waals surface area contributed by atoms with Crippen molar-refractivity contribution in [3.63, 3.8) is 0 Å². The zero-order chi connectivity index (χ0) is 18.2. The number of aromatic nitrogens is 1. The highest BCUT2D eigenvalue weighted by atomic mass is 16.3. The van der Waals surface area contributed by atoms with Gasteiger partial charge >= 0.3 is 0 Å². The van der Waals surface area contributed by atoms with E-state index < -0.39 is 0 Å². The van der Waals surface area contributed by atoms with Gasteiger partial charge in [0.15, 0.2) is 0 Å². The number of carbonyl (C=O) groups is 2. The van der Waals surface area contributed by atoms with Crippen LogP contribution in [0.3, 0.4) is 0 Å². The third kappa shape index (κ3) is 5.12. The van der Waals surface area contributed by atoms with Crippen LogP contribution < -0.4 is 5.32 Å². The monoisotopic (exact) mass is 341 g/mol. The van der Waals surface area contributed by atoms with Crippen LogP contribution in [0.4, 0.5) is 5.69 Å². The molecule has 0 saturated carbocycles. The number of pyridine rings is 1. The molecule has 1 aromatic carbocycles. The molecule has 132 valence electrons. The second-order valence-electron chi connectivity index (χ2n) is 5.76. The Bertz CT molecular complexity index is 715. The van der Waals surface area contributed by atoms with Crippen LogP contribution in [0.15, 0.2) is 48.7 Å². The maximum atomic E-state index is 13.0. The van der Waals surface area contributed by atoms with Crippen LogP contribution in [0.1, 0.15) is 36.3 Å². The molecule has 2 rings (SSSR count). The van der Waals surface area contributed by atoms with Crippen LogP contribution >= 0.6 is 0 Å². The van der Waals surface area contributed by atoms with Gasteiger partial charge in [-0.15, -0.1) is 0 Å². The van der Waals surface area contributed by atoms with Gasteiger partial charge in [0.05, 0.1) is 24.9 Å². The summed E-state index contributed by atoms with van der Waals surface area (Å²) in [5.74, 6) is -0.407. The first kappa shape index (κ1) is 18.6. The van der Waals surface area contributed by atoms with Gasteiger partial charge in [0, 0.05) is 24.4 Å². The number of anilines is 1. The average molecular weight is 341 g/mol. The molecule has 1 heterocycles. The number of amides is 2. The molecule has 0 radical (unpaired) electrons. The van der Waals surface area contributed by atoms with Crippen LogP contribution in [0.2, 0.25) is 0 Å². The molecule has 1 unspecified atom stereocenters. The summed E-state index contributed by atoms with van der Waals surface area (Å²) in [7, 11) is 0. The van der Waals surface area contributed by atoms with E-state index in [-0.39, 0.29) is 24.5 Å². The fourth-order valence-electron chi connectivity index (χ4n) is 2.58. The molecule has 1 atom stereocenters. The third-order valence-corrected chi connectivity index (χ3v) is 3.87. The number of hydrogen-bond donors (Lipinski definition) is 2. The van der Waals surface area contributed by atoms with Crippen molar-refractivity contribution in [1.82, 2.24) is 9.88 Å². The van der Waals surface area contributed by atoms with Crippen molar-refractivity contribution in [2.45, 2.75) is 32.9 Å². The summed E-state index contributed by atoms with van der Waals surface area (Å²) in [6.07, 6.45) is 2.30. The Morgan fingerprint density at radius 3 is 2.64 bits per heavy atom. The highest BCUT2D eigenvalue weighted by Crippen LogP contribution is 2.17. The van der Waals surface area contributed by atoms with Crippen molar-refractivity contribution in [1.29, 1.82) is 0 Å². The quantitative estimate of drug-likeness (QED) is 0.810. The molecule has 6 nitrogen and oxygen atoms in total. The maximum Gasteiger partial charge on any atom is 0.254 e. The smallest absolute Gasteiger partial charge is 0.254 e. The van der Waals surface area contributed by atoms with E-state index in [9.17, 15) is 14.7 Å². The second-order valence-corrected chi connectivity index (χ2v) is 5.76. The average Bonchev–Trinajstić information content (AvgIpc) is 2.62. The predicted octanol–water partition coefficient (Wildman–Crippen LogP) is 2.45. The molecule has 0 aliphatic rings. The summed E-state index contributed by atoms with van der Waals surface area (Å²) in [4.78, 5) is 30.1. The summed E-state index contributed by atoms with van der Waals surface area (Å²) in [5, 5.41) is 12.3. The molecule has 1 aromatic heterocycles. The highest BCUT2D eigenvalue weighted by molar-refractivity contribution is 5.97. The standard InChI is InChI=1S/C19H23N3O3/c1-3-18(13-23)22(12-17-8-4-5-10-20-17)19(25)15-7-6-9-16(11-15)21-14(2)24/h4-11,18,23H,3,12-13H2,1-2H3,(H,21,24). The van der Waals surface area contributed by atoms with E-state index in [1.807, 2.05) is 25.1 Å². The van der Waals surface area contributed by atoms with Gasteiger partial charge in [0.2, 0.25) is 5.91 Å². The van der Waals surface area contributed by atoms with Crippen molar-refractivity contribution < 1.29 is 14.7 Å². The Morgan fingerprint density at radius 1 is 1.24 bits per heavy atom. The van der Waals surface area contributed by atoms with Crippen LogP contribution in [-0.4, -0.2) is 39.5 Å². The van der Waals surface area contributed by atoms with E-state index in [4.69, 9.17) is 0 Å². The summed E-state index contributed by atoms with van der Waals surface area (Å²) >= 11 is 0. The molecule has 2 N–H and O–H groups in total. The molecule has 6 heteroatoms. The zero-order valence-electron chi connectivity index (χ0n) is 14.5. The molecule has 0 aliphatic carbocycles. The lowest BCUT2D eigenvalue weighted by Gasteiger charge is -2.30. The van der Waals surface area contributed by atoms with E-state index in [0.717, 1.165) is 5.69 Å². The van der Waals surface area contributed by atoms with Gasteiger partial charge in [-0.05, 0) is 36.8 Å². The van der Waals surface area contributed by atoms with Crippen molar-refractivity contribution in [2.24, 2.45) is 0 Å². The lowest BCUT2D eigenvalue weighted by atomic mass is 10.1. The molecular weight excluding hydrogens is 318 g/mol. The second kappa shape index (κ2) is 8.94. The van der Waals surface area contributed by atoms with E-state index in [1.54, 1.807) is 35.4 Å². The predicted molar refractivity (Wildman–Crippen MR) is 96.0 cm³/mol. The van der Waals surface area contributed by atoms with Gasteiger partial charge in [0.1, 0.15) is 0 Å². The van der Waals surface area contributed by atoms with Crippen LogP contribution in [-0.2, 0) is 11.3 Å². The fraction of sp³-hybridized carbons (Fsp3) is 0.316. The topological polar surface area (TPSA) is 82.5 Å². The van der Waals surface area contributed by atoms with Gasteiger partial charge < -0.3 is 15.3 Å². The molecular formula is C19H23N3O3. The highest BCUT2D eigenvalue weighted by Gasteiger charge is 2.24. The minimum atomic E-state index is -0.307. The van der Waals surface area contributed by atoms with Crippen molar-refractivity contribution in [3.8, 4) is 0 Å². The molecule has 2 amide bonds. The number of benzene rings is 1. The third-order valence-electron chi connectivity index (χ3n) is 3.87. The Balaban J connectivity index is 2.29. The molecule has 25 heavy (non-hydrogen) atoms. The largest absolute Gasteiger partial charge is 0.394 e. The first-order valence-electron chi connectivity index (χ1n) is 8.24. The number of carbonyl (C=O) groups excluding carboxylic acids is 2. The first-order valence-corrected chi connectivity index (χ1v) is 8.24. The zero-order valence-corrected chi connectivity index (χ0v) is 14.5.